The van der Waals surface area contributed by atoms with Gasteiger partial charge in [0.1, 0.15) is 5.75 Å². The number of ether oxygens (including phenoxy) is 1. The quantitative estimate of drug-likeness (QED) is 0.527. The molecule has 0 fully saturated rings. The fraction of sp³-hybridized carbons (Fsp3) is 0.222. The van der Waals surface area contributed by atoms with E-state index in [1.807, 2.05) is 0 Å². The summed E-state index contributed by atoms with van der Waals surface area (Å²) in [6, 6.07) is 3.12. The summed E-state index contributed by atoms with van der Waals surface area (Å²) in [5.41, 5.74) is 12.4. The zero-order chi connectivity index (χ0) is 10.0. The van der Waals surface area contributed by atoms with Crippen LogP contribution in [0.3, 0.4) is 0 Å². The van der Waals surface area contributed by atoms with Crippen molar-refractivity contribution in [1.82, 2.24) is 0 Å². The topological polar surface area (TPSA) is 78.3 Å². The van der Waals surface area contributed by atoms with Crippen LogP contribution in [0.4, 0.5) is 11.4 Å². The summed E-state index contributed by atoms with van der Waals surface area (Å²) in [6.45, 7) is 1.46. The Morgan fingerprint density at radius 1 is 1.38 bits per heavy atom. The number of nitrogen functional groups attached to an aromatic ring is 2. The third kappa shape index (κ3) is 1.72. The van der Waals surface area contributed by atoms with Crippen LogP contribution in [-0.4, -0.2) is 12.9 Å². The molecule has 0 aliphatic carbocycles. The molecule has 0 aliphatic heterocycles. The summed E-state index contributed by atoms with van der Waals surface area (Å²) in [5.74, 6) is 0.371. The number of hydrogen-bond acceptors (Lipinski definition) is 4. The Kier molecular flexibility index (Phi) is 2.41. The van der Waals surface area contributed by atoms with Gasteiger partial charge in [-0.15, -0.1) is 0 Å². The van der Waals surface area contributed by atoms with Crippen LogP contribution < -0.4 is 16.2 Å². The number of carbonyl (C=O) groups is 1. The zero-order valence-electron chi connectivity index (χ0n) is 7.63. The molecular formula is C9H12N2O2. The number of ketones is 1. The summed E-state index contributed by atoms with van der Waals surface area (Å²) >= 11 is 0. The number of rotatable bonds is 2. The molecule has 0 spiro atoms. The first-order chi connectivity index (χ1) is 6.06. The lowest BCUT2D eigenvalue weighted by Gasteiger charge is -2.08. The molecule has 0 amide bonds. The number of methoxy groups -OCH3 is 1. The molecule has 1 aromatic rings. The smallest absolute Gasteiger partial charge is 0.160 e. The van der Waals surface area contributed by atoms with Gasteiger partial charge in [0.2, 0.25) is 0 Å². The highest BCUT2D eigenvalue weighted by Crippen LogP contribution is 2.29. The third-order valence-corrected chi connectivity index (χ3v) is 1.80. The standard InChI is InChI=1S/C9H12N2O2/c1-5(12)6-3-7(10)9(11)8(4-6)13-2/h3-4H,10-11H2,1-2H3. The highest BCUT2D eigenvalue weighted by Gasteiger charge is 2.08. The summed E-state index contributed by atoms with van der Waals surface area (Å²) in [7, 11) is 1.48. The Morgan fingerprint density at radius 3 is 2.46 bits per heavy atom. The van der Waals surface area contributed by atoms with E-state index in [1.165, 1.54) is 14.0 Å². The molecule has 4 heteroatoms. The van der Waals surface area contributed by atoms with Gasteiger partial charge in [-0.25, -0.2) is 0 Å². The summed E-state index contributed by atoms with van der Waals surface area (Å²) in [4.78, 5) is 11.0. The van der Waals surface area contributed by atoms with Crippen molar-refractivity contribution in [1.29, 1.82) is 0 Å². The molecule has 70 valence electrons. The van der Waals surface area contributed by atoms with Crippen LogP contribution in [0.1, 0.15) is 17.3 Å². The Hall–Kier alpha value is -1.71. The highest BCUT2D eigenvalue weighted by atomic mass is 16.5. The molecule has 13 heavy (non-hydrogen) atoms. The van der Waals surface area contributed by atoms with Gasteiger partial charge in [0.05, 0.1) is 18.5 Å². The van der Waals surface area contributed by atoms with E-state index < -0.39 is 0 Å². The van der Waals surface area contributed by atoms with Gasteiger partial charge in [-0.1, -0.05) is 0 Å². The second-order valence-electron chi connectivity index (χ2n) is 2.74. The number of anilines is 2. The van der Waals surface area contributed by atoms with Crippen molar-refractivity contribution in [3.05, 3.63) is 17.7 Å². The van der Waals surface area contributed by atoms with Crippen molar-refractivity contribution in [2.24, 2.45) is 0 Å². The second kappa shape index (κ2) is 3.35. The van der Waals surface area contributed by atoms with Crippen molar-refractivity contribution in [2.45, 2.75) is 6.92 Å². The lowest BCUT2D eigenvalue weighted by molar-refractivity contribution is 0.101. The molecule has 0 aliphatic rings. The third-order valence-electron chi connectivity index (χ3n) is 1.80. The number of carbonyl (C=O) groups excluding carboxylic acids is 1. The molecule has 1 rings (SSSR count). The average Bonchev–Trinajstić information content (AvgIpc) is 2.09. The Balaban J connectivity index is 3.30. The van der Waals surface area contributed by atoms with E-state index in [0.717, 1.165) is 0 Å². The molecule has 1 aromatic carbocycles. The summed E-state index contributed by atoms with van der Waals surface area (Å²) in [6.07, 6.45) is 0. The number of nitrogens with two attached hydrogens (primary N) is 2. The molecule has 0 unspecified atom stereocenters. The maximum Gasteiger partial charge on any atom is 0.160 e. The van der Waals surface area contributed by atoms with Crippen LogP contribution in [0.25, 0.3) is 0 Å². The largest absolute Gasteiger partial charge is 0.494 e. The number of Topliss-reactive ketones (excluding diaryl/α,β-unsaturated/α-hetero) is 1. The fourth-order valence-corrected chi connectivity index (χ4v) is 1.02. The van der Waals surface area contributed by atoms with Gasteiger partial charge < -0.3 is 16.2 Å². The van der Waals surface area contributed by atoms with E-state index in [4.69, 9.17) is 16.2 Å². The van der Waals surface area contributed by atoms with Gasteiger partial charge in [0.25, 0.3) is 0 Å². The molecule has 4 nitrogen and oxygen atoms in total. The van der Waals surface area contributed by atoms with Crippen molar-refractivity contribution in [3.63, 3.8) is 0 Å². The van der Waals surface area contributed by atoms with Gasteiger partial charge in [-0.3, -0.25) is 4.79 Å². The minimum atomic E-state index is -0.0648. The van der Waals surface area contributed by atoms with Crippen LogP contribution in [0.2, 0.25) is 0 Å². The van der Waals surface area contributed by atoms with E-state index in [1.54, 1.807) is 12.1 Å². The minimum absolute atomic E-state index is 0.0648. The fourth-order valence-electron chi connectivity index (χ4n) is 1.02. The van der Waals surface area contributed by atoms with E-state index in [0.29, 0.717) is 22.7 Å². The molecule has 0 saturated carbocycles. The van der Waals surface area contributed by atoms with Gasteiger partial charge in [-0.2, -0.15) is 0 Å². The van der Waals surface area contributed by atoms with Crippen LogP contribution in [0, 0.1) is 0 Å². The normalized spacial score (nSPS) is 9.69. The predicted octanol–water partition coefficient (Wildman–Crippen LogP) is 1.06. The average molecular weight is 180 g/mol. The van der Waals surface area contributed by atoms with Crippen LogP contribution in [0.5, 0.6) is 5.75 Å². The van der Waals surface area contributed by atoms with Crippen LogP contribution in [-0.2, 0) is 0 Å². The Morgan fingerprint density at radius 2 is 2.00 bits per heavy atom. The maximum atomic E-state index is 11.0. The van der Waals surface area contributed by atoms with Crippen molar-refractivity contribution < 1.29 is 9.53 Å². The van der Waals surface area contributed by atoms with Crippen molar-refractivity contribution in [3.8, 4) is 5.75 Å². The monoisotopic (exact) mass is 180 g/mol. The Labute approximate surface area is 76.5 Å². The highest BCUT2D eigenvalue weighted by molar-refractivity contribution is 5.97. The zero-order valence-corrected chi connectivity index (χ0v) is 7.63. The maximum absolute atomic E-state index is 11.0. The lowest BCUT2D eigenvalue weighted by atomic mass is 10.1. The minimum Gasteiger partial charge on any atom is -0.494 e. The molecule has 0 heterocycles. The van der Waals surface area contributed by atoms with E-state index in [9.17, 15) is 4.79 Å². The number of hydrogen-bond donors (Lipinski definition) is 2. The van der Waals surface area contributed by atoms with Crippen LogP contribution in [0.15, 0.2) is 12.1 Å². The first-order valence-electron chi connectivity index (χ1n) is 3.80. The van der Waals surface area contributed by atoms with Crippen molar-refractivity contribution in [2.75, 3.05) is 18.6 Å². The van der Waals surface area contributed by atoms with E-state index >= 15 is 0 Å². The summed E-state index contributed by atoms with van der Waals surface area (Å²) in [5, 5.41) is 0. The molecule has 0 bridgehead atoms. The van der Waals surface area contributed by atoms with Gasteiger partial charge in [0, 0.05) is 5.56 Å². The summed E-state index contributed by atoms with van der Waals surface area (Å²) < 4.78 is 4.96. The molecule has 0 atom stereocenters. The molecular weight excluding hydrogens is 168 g/mol. The molecule has 4 N–H and O–H groups in total. The van der Waals surface area contributed by atoms with Gasteiger partial charge in [0.15, 0.2) is 5.78 Å². The van der Waals surface area contributed by atoms with Gasteiger partial charge >= 0.3 is 0 Å². The SMILES string of the molecule is COc1cc(C(C)=O)cc(N)c1N. The van der Waals surface area contributed by atoms with Gasteiger partial charge in [-0.05, 0) is 19.1 Å². The van der Waals surface area contributed by atoms with Crippen molar-refractivity contribution >= 4 is 17.2 Å². The first kappa shape index (κ1) is 9.38. The molecule has 0 saturated heterocycles. The first-order valence-corrected chi connectivity index (χ1v) is 3.80. The van der Waals surface area contributed by atoms with E-state index in [-0.39, 0.29) is 5.78 Å². The van der Waals surface area contributed by atoms with E-state index in [2.05, 4.69) is 0 Å². The molecule has 0 radical (unpaired) electrons. The van der Waals surface area contributed by atoms with Crippen LogP contribution >= 0.6 is 0 Å². The number of benzene rings is 1. The lowest BCUT2D eigenvalue weighted by Crippen LogP contribution is -2.02. The molecule has 0 aromatic heterocycles. The predicted molar refractivity (Wildman–Crippen MR) is 51.8 cm³/mol. The second-order valence-corrected chi connectivity index (χ2v) is 2.74. The Bertz CT molecular complexity index is 348.